The summed E-state index contributed by atoms with van der Waals surface area (Å²) in [5.41, 5.74) is 0.956. The summed E-state index contributed by atoms with van der Waals surface area (Å²) in [5.74, 6) is -1.47. The highest BCUT2D eigenvalue weighted by atomic mass is 16.4. The zero-order valence-corrected chi connectivity index (χ0v) is 14.6. The molecule has 0 radical (unpaired) electrons. The van der Waals surface area contributed by atoms with E-state index in [-0.39, 0.29) is 11.1 Å². The van der Waals surface area contributed by atoms with Gasteiger partial charge < -0.3 is 20.2 Å². The summed E-state index contributed by atoms with van der Waals surface area (Å²) in [6, 6.07) is 15.8. The molecule has 0 aliphatic carbocycles. The number of carboxylic acid groups (broad SMARTS) is 1. The number of carbonyl (C=O) groups is 3. The molecule has 0 unspecified atom stereocenters. The quantitative estimate of drug-likeness (QED) is 0.566. The summed E-state index contributed by atoms with van der Waals surface area (Å²) in [7, 11) is 0. The number of aromatic carboxylic acids is 1. The molecule has 2 amide bonds. The molecule has 3 aromatic rings. The number of hydrogen-bond acceptors (Lipinski definition) is 4. The largest absolute Gasteiger partial charge is 0.478 e. The minimum Gasteiger partial charge on any atom is -0.478 e. The number of anilines is 2. The average molecular weight is 376 g/mol. The van der Waals surface area contributed by atoms with Crippen LogP contribution in [0.4, 0.5) is 11.4 Å². The van der Waals surface area contributed by atoms with Crippen molar-refractivity contribution in [3.8, 4) is 0 Å². The fourth-order valence-electron chi connectivity index (χ4n) is 2.44. The van der Waals surface area contributed by atoms with Gasteiger partial charge in [-0.15, -0.1) is 0 Å². The van der Waals surface area contributed by atoms with E-state index >= 15 is 0 Å². The minimum atomic E-state index is -1.09. The molecule has 0 atom stereocenters. The Morgan fingerprint density at radius 2 is 1.75 bits per heavy atom. The first kappa shape index (κ1) is 18.7. The molecule has 2 aromatic carbocycles. The minimum absolute atomic E-state index is 0.0578. The van der Waals surface area contributed by atoms with Crippen LogP contribution in [-0.2, 0) is 4.79 Å². The van der Waals surface area contributed by atoms with E-state index in [2.05, 4.69) is 10.6 Å². The number of carboxylic acids is 1. The van der Waals surface area contributed by atoms with E-state index in [4.69, 9.17) is 9.52 Å². The number of hydrogen-bond donors (Lipinski definition) is 3. The van der Waals surface area contributed by atoms with Crippen LogP contribution in [0.2, 0.25) is 0 Å². The predicted molar refractivity (Wildman–Crippen MR) is 104 cm³/mol. The van der Waals surface area contributed by atoms with Crippen LogP contribution in [0, 0.1) is 0 Å². The van der Waals surface area contributed by atoms with E-state index in [0.29, 0.717) is 17.1 Å². The Kier molecular flexibility index (Phi) is 5.66. The van der Waals surface area contributed by atoms with Gasteiger partial charge in [0.15, 0.2) is 0 Å². The highest BCUT2D eigenvalue weighted by Gasteiger charge is 2.13. The van der Waals surface area contributed by atoms with E-state index < -0.39 is 17.8 Å². The van der Waals surface area contributed by atoms with Crippen molar-refractivity contribution in [3.05, 3.63) is 89.9 Å². The van der Waals surface area contributed by atoms with Crippen molar-refractivity contribution in [1.29, 1.82) is 0 Å². The number of carbonyl (C=O) groups excluding carboxylic acids is 2. The maximum atomic E-state index is 12.6. The van der Waals surface area contributed by atoms with Crippen LogP contribution >= 0.6 is 0 Å². The third-order valence-electron chi connectivity index (χ3n) is 3.74. The van der Waals surface area contributed by atoms with Gasteiger partial charge in [0.1, 0.15) is 5.76 Å². The molecule has 0 saturated carbocycles. The fraction of sp³-hybridized carbons (Fsp3) is 0. The van der Waals surface area contributed by atoms with Gasteiger partial charge in [0.05, 0.1) is 23.1 Å². The molecule has 28 heavy (non-hydrogen) atoms. The Morgan fingerprint density at radius 3 is 2.50 bits per heavy atom. The van der Waals surface area contributed by atoms with Gasteiger partial charge in [-0.3, -0.25) is 9.59 Å². The van der Waals surface area contributed by atoms with Crippen LogP contribution in [0.25, 0.3) is 6.08 Å². The van der Waals surface area contributed by atoms with Gasteiger partial charge in [-0.05, 0) is 48.5 Å². The lowest BCUT2D eigenvalue weighted by molar-refractivity contribution is -0.111. The van der Waals surface area contributed by atoms with Crippen LogP contribution in [0.1, 0.15) is 26.5 Å². The molecular weight excluding hydrogens is 360 g/mol. The summed E-state index contributed by atoms with van der Waals surface area (Å²) in [6.07, 6.45) is 4.30. The smallest absolute Gasteiger partial charge is 0.335 e. The van der Waals surface area contributed by atoms with Crippen molar-refractivity contribution in [2.24, 2.45) is 0 Å². The van der Waals surface area contributed by atoms with Crippen molar-refractivity contribution in [2.75, 3.05) is 10.6 Å². The van der Waals surface area contributed by atoms with Gasteiger partial charge >= 0.3 is 5.97 Å². The summed E-state index contributed by atoms with van der Waals surface area (Å²) in [4.78, 5) is 35.8. The lowest BCUT2D eigenvalue weighted by atomic mass is 10.1. The van der Waals surface area contributed by atoms with Crippen LogP contribution in [0.5, 0.6) is 0 Å². The highest BCUT2D eigenvalue weighted by molar-refractivity contribution is 6.12. The Balaban J connectivity index is 1.74. The number of furan rings is 1. The van der Waals surface area contributed by atoms with Crippen molar-refractivity contribution in [1.82, 2.24) is 0 Å². The number of para-hydroxylation sites is 1. The number of nitrogens with one attached hydrogen (secondary N) is 2. The normalized spacial score (nSPS) is 10.6. The zero-order chi connectivity index (χ0) is 19.9. The van der Waals surface area contributed by atoms with Gasteiger partial charge in [-0.2, -0.15) is 0 Å². The SMILES string of the molecule is O=C(C=Cc1ccco1)Nc1ccccc1C(=O)Nc1cccc(C(=O)O)c1. The van der Waals surface area contributed by atoms with Crippen molar-refractivity contribution in [2.45, 2.75) is 0 Å². The second-order valence-corrected chi connectivity index (χ2v) is 5.72. The maximum absolute atomic E-state index is 12.6. The summed E-state index contributed by atoms with van der Waals surface area (Å²) < 4.78 is 5.12. The molecule has 0 spiro atoms. The lowest BCUT2D eigenvalue weighted by Gasteiger charge is -2.11. The summed E-state index contributed by atoms with van der Waals surface area (Å²) in [5, 5.41) is 14.3. The Morgan fingerprint density at radius 1 is 0.929 bits per heavy atom. The van der Waals surface area contributed by atoms with E-state index in [1.54, 1.807) is 42.5 Å². The molecule has 0 aliphatic rings. The fourth-order valence-corrected chi connectivity index (χ4v) is 2.44. The average Bonchev–Trinajstić information content (AvgIpc) is 3.20. The van der Waals surface area contributed by atoms with E-state index in [0.717, 1.165) is 0 Å². The van der Waals surface area contributed by atoms with Crippen LogP contribution in [-0.4, -0.2) is 22.9 Å². The van der Waals surface area contributed by atoms with Crippen LogP contribution in [0.3, 0.4) is 0 Å². The zero-order valence-electron chi connectivity index (χ0n) is 14.6. The first-order chi connectivity index (χ1) is 13.5. The van der Waals surface area contributed by atoms with E-state index in [1.807, 2.05) is 0 Å². The van der Waals surface area contributed by atoms with Crippen molar-refractivity contribution >= 4 is 35.2 Å². The van der Waals surface area contributed by atoms with Gasteiger partial charge in [0.25, 0.3) is 5.91 Å². The molecule has 1 aromatic heterocycles. The van der Waals surface area contributed by atoms with Crippen molar-refractivity contribution in [3.63, 3.8) is 0 Å². The Hall–Kier alpha value is -4.13. The molecule has 7 heteroatoms. The predicted octanol–water partition coefficient (Wildman–Crippen LogP) is 3.88. The first-order valence-electron chi connectivity index (χ1n) is 8.29. The molecule has 3 N–H and O–H groups in total. The molecule has 0 aliphatic heterocycles. The molecule has 0 saturated heterocycles. The van der Waals surface area contributed by atoms with Crippen LogP contribution in [0.15, 0.2) is 77.4 Å². The molecular formula is C21H16N2O5. The monoisotopic (exact) mass is 376 g/mol. The van der Waals surface area contributed by atoms with Gasteiger partial charge in [-0.1, -0.05) is 18.2 Å². The summed E-state index contributed by atoms with van der Waals surface area (Å²) >= 11 is 0. The van der Waals surface area contributed by atoms with Crippen molar-refractivity contribution < 1.29 is 23.9 Å². The Labute approximate surface area is 160 Å². The Bertz CT molecular complexity index is 1040. The summed E-state index contributed by atoms with van der Waals surface area (Å²) in [6.45, 7) is 0. The van der Waals surface area contributed by atoms with E-state index in [1.165, 1.54) is 36.6 Å². The third-order valence-corrected chi connectivity index (χ3v) is 3.74. The second kappa shape index (κ2) is 8.50. The lowest BCUT2D eigenvalue weighted by Crippen LogP contribution is -2.17. The van der Waals surface area contributed by atoms with Gasteiger partial charge in [0, 0.05) is 11.8 Å². The number of benzene rings is 2. The standard InChI is InChI=1S/C21H16N2O5/c24-19(11-10-16-7-4-12-28-16)23-18-9-2-1-8-17(18)20(25)22-15-6-3-5-14(13-15)21(26)27/h1-13H,(H,22,25)(H,23,24)(H,26,27). The topological polar surface area (TPSA) is 109 Å². The third kappa shape index (κ3) is 4.73. The van der Waals surface area contributed by atoms with Gasteiger partial charge in [0.2, 0.25) is 5.91 Å². The maximum Gasteiger partial charge on any atom is 0.335 e. The van der Waals surface area contributed by atoms with Crippen LogP contribution < -0.4 is 10.6 Å². The molecule has 7 nitrogen and oxygen atoms in total. The van der Waals surface area contributed by atoms with Gasteiger partial charge in [-0.25, -0.2) is 4.79 Å². The molecule has 3 rings (SSSR count). The number of rotatable bonds is 6. The van der Waals surface area contributed by atoms with E-state index in [9.17, 15) is 14.4 Å². The molecule has 1 heterocycles. The number of amides is 2. The second-order valence-electron chi connectivity index (χ2n) is 5.72. The first-order valence-corrected chi connectivity index (χ1v) is 8.29. The molecule has 0 fully saturated rings. The highest BCUT2D eigenvalue weighted by Crippen LogP contribution is 2.18. The molecule has 0 bridgehead atoms. The molecule has 140 valence electrons.